The van der Waals surface area contributed by atoms with Crippen molar-refractivity contribution in [1.29, 1.82) is 0 Å². The number of nitrogens with one attached hydrogen (secondary N) is 2. The average Bonchev–Trinajstić information content (AvgIpc) is 2.64. The van der Waals surface area contributed by atoms with Gasteiger partial charge in [-0.1, -0.05) is 12.1 Å². The standard InChI is InChI=1S/C21H22N4O2/c1-14(2)27-19-7-5-4-6-18(19)24-21-22-13-12-20(25-21)23-17-10-8-16(9-11-17)15(3)26/h4-14H,1-3H3,(H2,22,23,24,25). The van der Waals surface area contributed by atoms with E-state index < -0.39 is 0 Å². The SMILES string of the molecule is CC(=O)c1ccc(Nc2ccnc(Nc3ccccc3OC(C)C)n2)cc1. The van der Waals surface area contributed by atoms with E-state index in [1.54, 1.807) is 31.3 Å². The zero-order valence-corrected chi connectivity index (χ0v) is 15.6. The van der Waals surface area contributed by atoms with Crippen LogP contribution in [-0.4, -0.2) is 21.9 Å². The number of nitrogens with zero attached hydrogens (tertiary/aromatic N) is 2. The van der Waals surface area contributed by atoms with Crippen LogP contribution in [0.15, 0.2) is 60.8 Å². The van der Waals surface area contributed by atoms with Crippen molar-refractivity contribution in [3.8, 4) is 5.75 Å². The van der Waals surface area contributed by atoms with Crippen molar-refractivity contribution in [2.45, 2.75) is 26.9 Å². The monoisotopic (exact) mass is 362 g/mol. The van der Waals surface area contributed by atoms with Gasteiger partial charge >= 0.3 is 0 Å². The predicted octanol–water partition coefficient (Wildman–Crippen LogP) is 4.95. The molecule has 0 aliphatic heterocycles. The molecule has 0 radical (unpaired) electrons. The number of hydrogen-bond donors (Lipinski definition) is 2. The van der Waals surface area contributed by atoms with Crippen LogP contribution in [0.1, 0.15) is 31.1 Å². The molecule has 6 nitrogen and oxygen atoms in total. The summed E-state index contributed by atoms with van der Waals surface area (Å²) in [6.45, 7) is 5.51. The maximum atomic E-state index is 11.4. The van der Waals surface area contributed by atoms with Gasteiger partial charge in [-0.3, -0.25) is 4.79 Å². The highest BCUT2D eigenvalue weighted by Gasteiger charge is 2.07. The molecule has 0 saturated carbocycles. The van der Waals surface area contributed by atoms with Crippen molar-refractivity contribution >= 4 is 28.9 Å². The van der Waals surface area contributed by atoms with E-state index in [9.17, 15) is 4.79 Å². The Morgan fingerprint density at radius 3 is 2.44 bits per heavy atom. The molecule has 6 heteroatoms. The summed E-state index contributed by atoms with van der Waals surface area (Å²) < 4.78 is 5.81. The average molecular weight is 362 g/mol. The summed E-state index contributed by atoms with van der Waals surface area (Å²) in [6.07, 6.45) is 1.74. The van der Waals surface area contributed by atoms with E-state index in [1.165, 1.54) is 0 Å². The van der Waals surface area contributed by atoms with E-state index in [0.29, 0.717) is 17.3 Å². The van der Waals surface area contributed by atoms with Crippen molar-refractivity contribution < 1.29 is 9.53 Å². The van der Waals surface area contributed by atoms with Crippen LogP contribution in [0, 0.1) is 0 Å². The number of aromatic nitrogens is 2. The van der Waals surface area contributed by atoms with E-state index in [2.05, 4.69) is 20.6 Å². The molecule has 2 N–H and O–H groups in total. The Hall–Kier alpha value is -3.41. The van der Waals surface area contributed by atoms with Crippen LogP contribution in [0.2, 0.25) is 0 Å². The molecule has 0 saturated heterocycles. The highest BCUT2D eigenvalue weighted by Crippen LogP contribution is 2.27. The highest BCUT2D eigenvalue weighted by atomic mass is 16.5. The molecule has 0 aliphatic rings. The zero-order valence-electron chi connectivity index (χ0n) is 15.6. The number of ketones is 1. The van der Waals surface area contributed by atoms with Gasteiger partial charge in [-0.2, -0.15) is 4.98 Å². The van der Waals surface area contributed by atoms with Gasteiger partial charge in [0.05, 0.1) is 11.8 Å². The molecule has 3 aromatic rings. The number of carbonyl (C=O) groups is 1. The van der Waals surface area contributed by atoms with Crippen LogP contribution >= 0.6 is 0 Å². The van der Waals surface area contributed by atoms with Gasteiger partial charge < -0.3 is 15.4 Å². The lowest BCUT2D eigenvalue weighted by atomic mass is 10.1. The van der Waals surface area contributed by atoms with Crippen molar-refractivity contribution in [3.05, 3.63) is 66.4 Å². The van der Waals surface area contributed by atoms with Gasteiger partial charge in [-0.05, 0) is 63.2 Å². The first kappa shape index (κ1) is 18.4. The van der Waals surface area contributed by atoms with Crippen molar-refractivity contribution in [3.63, 3.8) is 0 Å². The van der Waals surface area contributed by atoms with Crippen molar-refractivity contribution in [2.24, 2.45) is 0 Å². The quantitative estimate of drug-likeness (QED) is 0.579. The minimum absolute atomic E-state index is 0.0392. The normalized spacial score (nSPS) is 10.5. The summed E-state index contributed by atoms with van der Waals surface area (Å²) in [6, 6.07) is 16.7. The maximum absolute atomic E-state index is 11.4. The fourth-order valence-electron chi connectivity index (χ4n) is 2.47. The number of rotatable bonds is 7. The fourth-order valence-corrected chi connectivity index (χ4v) is 2.47. The van der Waals surface area contributed by atoms with Gasteiger partial charge in [0.2, 0.25) is 5.95 Å². The van der Waals surface area contributed by atoms with E-state index >= 15 is 0 Å². The van der Waals surface area contributed by atoms with Gasteiger partial charge in [0.25, 0.3) is 0 Å². The van der Waals surface area contributed by atoms with Gasteiger partial charge in [-0.25, -0.2) is 4.98 Å². The summed E-state index contributed by atoms with van der Waals surface area (Å²) in [5.74, 6) is 1.89. The first-order chi connectivity index (χ1) is 13.0. The third-order valence-corrected chi connectivity index (χ3v) is 3.72. The molecule has 0 aliphatic carbocycles. The number of Topliss-reactive ketones (excluding diaryl/α,β-unsaturated/α-hetero) is 1. The van der Waals surface area contributed by atoms with Crippen molar-refractivity contribution in [2.75, 3.05) is 10.6 Å². The molecule has 138 valence electrons. The Balaban J connectivity index is 1.75. The maximum Gasteiger partial charge on any atom is 0.229 e. The topological polar surface area (TPSA) is 76.1 Å². The lowest BCUT2D eigenvalue weighted by molar-refractivity contribution is 0.101. The second-order valence-corrected chi connectivity index (χ2v) is 6.31. The molecule has 3 rings (SSSR count). The second-order valence-electron chi connectivity index (χ2n) is 6.31. The van der Waals surface area contributed by atoms with Gasteiger partial charge in [0.1, 0.15) is 11.6 Å². The van der Waals surface area contributed by atoms with Crippen molar-refractivity contribution in [1.82, 2.24) is 9.97 Å². The van der Waals surface area contributed by atoms with E-state index in [0.717, 1.165) is 17.1 Å². The lowest BCUT2D eigenvalue weighted by Gasteiger charge is -2.15. The molecule has 2 aromatic carbocycles. The number of ether oxygens (including phenoxy) is 1. The minimum Gasteiger partial charge on any atom is -0.489 e. The van der Waals surface area contributed by atoms with Gasteiger partial charge in [-0.15, -0.1) is 0 Å². The summed E-state index contributed by atoms with van der Waals surface area (Å²) in [7, 11) is 0. The zero-order chi connectivity index (χ0) is 19.2. The van der Waals surface area contributed by atoms with E-state index in [1.807, 2.05) is 50.2 Å². The van der Waals surface area contributed by atoms with Crippen LogP contribution in [0.4, 0.5) is 23.1 Å². The largest absolute Gasteiger partial charge is 0.489 e. The third kappa shape index (κ3) is 5.04. The molecule has 0 spiro atoms. The molecule has 0 bridgehead atoms. The lowest BCUT2D eigenvalue weighted by Crippen LogP contribution is -2.08. The number of carbonyl (C=O) groups excluding carboxylic acids is 1. The van der Waals surface area contributed by atoms with Gasteiger partial charge in [0, 0.05) is 17.4 Å². The second kappa shape index (κ2) is 8.31. The number of anilines is 4. The number of hydrogen-bond acceptors (Lipinski definition) is 6. The third-order valence-electron chi connectivity index (χ3n) is 3.72. The minimum atomic E-state index is 0.0392. The number of benzene rings is 2. The molecule has 1 heterocycles. The Kier molecular flexibility index (Phi) is 5.66. The molecule has 0 fully saturated rings. The van der Waals surface area contributed by atoms with Crippen LogP contribution in [0.25, 0.3) is 0 Å². The van der Waals surface area contributed by atoms with Crippen LogP contribution < -0.4 is 15.4 Å². The Bertz CT molecular complexity index is 923. The Labute approximate surface area is 158 Å². The predicted molar refractivity (Wildman–Crippen MR) is 107 cm³/mol. The number of para-hydroxylation sites is 2. The molecular formula is C21H22N4O2. The van der Waals surface area contributed by atoms with E-state index in [4.69, 9.17) is 4.74 Å². The summed E-state index contributed by atoms with van der Waals surface area (Å²) in [4.78, 5) is 20.1. The molecule has 0 unspecified atom stereocenters. The first-order valence-electron chi connectivity index (χ1n) is 8.75. The van der Waals surface area contributed by atoms with Crippen LogP contribution in [0.3, 0.4) is 0 Å². The van der Waals surface area contributed by atoms with Crippen LogP contribution in [-0.2, 0) is 0 Å². The summed E-state index contributed by atoms with van der Waals surface area (Å²) >= 11 is 0. The molecule has 0 amide bonds. The van der Waals surface area contributed by atoms with E-state index in [-0.39, 0.29) is 11.9 Å². The molecule has 1 aromatic heterocycles. The Morgan fingerprint density at radius 2 is 1.74 bits per heavy atom. The summed E-state index contributed by atoms with van der Waals surface area (Å²) in [5, 5.41) is 6.41. The first-order valence-corrected chi connectivity index (χ1v) is 8.75. The van der Waals surface area contributed by atoms with Gasteiger partial charge in [0.15, 0.2) is 5.78 Å². The molecular weight excluding hydrogens is 340 g/mol. The molecule has 0 atom stereocenters. The highest BCUT2D eigenvalue weighted by molar-refractivity contribution is 5.94. The van der Waals surface area contributed by atoms with Crippen LogP contribution in [0.5, 0.6) is 5.75 Å². The fraction of sp³-hybridized carbons (Fsp3) is 0.190. The smallest absolute Gasteiger partial charge is 0.229 e. The Morgan fingerprint density at radius 1 is 1.00 bits per heavy atom. The molecule has 27 heavy (non-hydrogen) atoms. The summed E-state index contributed by atoms with van der Waals surface area (Å²) in [5.41, 5.74) is 2.31.